The smallest absolute Gasteiger partial charge is 0.122 e. The van der Waals surface area contributed by atoms with Gasteiger partial charge >= 0.3 is 0 Å². The first-order chi connectivity index (χ1) is 6.30. The lowest BCUT2D eigenvalue weighted by Gasteiger charge is -2.07. The quantitative estimate of drug-likeness (QED) is 0.710. The topological polar surface area (TPSA) is 30.5 Å². The minimum atomic E-state index is 0.591. The van der Waals surface area contributed by atoms with Gasteiger partial charge in [-0.2, -0.15) is 0 Å². The first-order valence-corrected chi connectivity index (χ1v) is 3.95. The maximum Gasteiger partial charge on any atom is 0.122 e. The summed E-state index contributed by atoms with van der Waals surface area (Å²) < 4.78 is 10.2. The Morgan fingerprint density at radius 2 is 1.69 bits per heavy atom. The van der Waals surface area contributed by atoms with Crippen LogP contribution in [0.1, 0.15) is 5.56 Å². The summed E-state index contributed by atoms with van der Waals surface area (Å²) in [6, 6.07) is 5.63. The minimum absolute atomic E-state index is 0.591. The molecule has 0 aliphatic rings. The molecule has 0 heterocycles. The van der Waals surface area contributed by atoms with Crippen LogP contribution < -0.4 is 14.8 Å². The fourth-order valence-corrected chi connectivity index (χ4v) is 1.09. The van der Waals surface area contributed by atoms with Crippen molar-refractivity contribution >= 4 is 0 Å². The van der Waals surface area contributed by atoms with Gasteiger partial charge in [0.25, 0.3) is 0 Å². The summed E-state index contributed by atoms with van der Waals surface area (Å²) in [5, 5.41) is 2.58. The van der Waals surface area contributed by atoms with Crippen LogP contribution >= 0.6 is 0 Å². The Kier molecular flexibility index (Phi) is 3.58. The number of nitrogens with one attached hydrogen (secondary N) is 1. The minimum Gasteiger partial charge on any atom is -0.497 e. The zero-order valence-electron chi connectivity index (χ0n) is 7.83. The highest BCUT2D eigenvalue weighted by atomic mass is 16.5. The van der Waals surface area contributed by atoms with Crippen LogP contribution in [0, 0.1) is 7.05 Å². The van der Waals surface area contributed by atoms with Gasteiger partial charge in [0.05, 0.1) is 14.2 Å². The van der Waals surface area contributed by atoms with Crippen molar-refractivity contribution < 1.29 is 9.47 Å². The second kappa shape index (κ2) is 4.72. The van der Waals surface area contributed by atoms with E-state index in [0.717, 1.165) is 17.1 Å². The van der Waals surface area contributed by atoms with Crippen LogP contribution in [0.3, 0.4) is 0 Å². The van der Waals surface area contributed by atoms with E-state index in [1.807, 2.05) is 18.2 Å². The number of rotatable bonds is 4. The van der Waals surface area contributed by atoms with E-state index in [-0.39, 0.29) is 0 Å². The number of methoxy groups -OCH3 is 2. The van der Waals surface area contributed by atoms with Crippen LogP contribution in [0.2, 0.25) is 0 Å². The van der Waals surface area contributed by atoms with Crippen LogP contribution in [0.15, 0.2) is 18.2 Å². The molecule has 2 radical (unpaired) electrons. The van der Waals surface area contributed by atoms with Gasteiger partial charge < -0.3 is 14.8 Å². The summed E-state index contributed by atoms with van der Waals surface area (Å²) in [5.74, 6) is 1.54. The number of hydrogen-bond acceptors (Lipinski definition) is 3. The van der Waals surface area contributed by atoms with E-state index in [1.165, 1.54) is 0 Å². The Balaban J connectivity index is 2.93. The standard InChI is InChI=1S/C10H13NO2/c1-11-7-8-4-9(12-2)6-10(5-8)13-3/h1,4-6,11H,7H2,2-3H3. The molecule has 1 rings (SSSR count). The normalized spacial score (nSPS) is 9.77. The summed E-state index contributed by atoms with van der Waals surface area (Å²) in [4.78, 5) is 0. The van der Waals surface area contributed by atoms with Gasteiger partial charge in [-0.3, -0.25) is 0 Å². The SMILES string of the molecule is [CH]NCc1cc(OC)cc(OC)c1. The van der Waals surface area contributed by atoms with Gasteiger partial charge in [0.15, 0.2) is 0 Å². The monoisotopic (exact) mass is 179 g/mol. The van der Waals surface area contributed by atoms with Crippen LogP contribution in [0.4, 0.5) is 0 Å². The summed E-state index contributed by atoms with van der Waals surface area (Å²) in [7, 11) is 8.45. The summed E-state index contributed by atoms with van der Waals surface area (Å²) in [5.41, 5.74) is 1.03. The predicted molar refractivity (Wildman–Crippen MR) is 50.7 cm³/mol. The van der Waals surface area contributed by atoms with E-state index in [0.29, 0.717) is 6.54 Å². The lowest BCUT2D eigenvalue weighted by Crippen LogP contribution is -2.02. The van der Waals surface area contributed by atoms with Crippen molar-refractivity contribution in [2.45, 2.75) is 6.54 Å². The Hall–Kier alpha value is -1.22. The molecule has 0 saturated heterocycles. The molecule has 0 unspecified atom stereocenters. The van der Waals surface area contributed by atoms with Gasteiger partial charge in [0.2, 0.25) is 0 Å². The maximum absolute atomic E-state index is 5.21. The fourth-order valence-electron chi connectivity index (χ4n) is 1.09. The molecule has 1 N–H and O–H groups in total. The van der Waals surface area contributed by atoms with Crippen molar-refractivity contribution in [3.8, 4) is 11.5 Å². The molecule has 13 heavy (non-hydrogen) atoms. The molecule has 0 aliphatic heterocycles. The van der Waals surface area contributed by atoms with Crippen molar-refractivity contribution in [2.75, 3.05) is 14.2 Å². The average molecular weight is 179 g/mol. The highest BCUT2D eigenvalue weighted by Crippen LogP contribution is 2.22. The van der Waals surface area contributed by atoms with Gasteiger partial charge in [0, 0.05) is 19.7 Å². The summed E-state index contributed by atoms with van der Waals surface area (Å²) in [6.45, 7) is 0.591. The third-order valence-electron chi connectivity index (χ3n) is 1.72. The fraction of sp³-hybridized carbons (Fsp3) is 0.300. The molecule has 0 bridgehead atoms. The molecular weight excluding hydrogens is 166 g/mol. The van der Waals surface area contributed by atoms with Gasteiger partial charge in [-0.15, -0.1) is 0 Å². The summed E-state index contributed by atoms with van der Waals surface area (Å²) in [6.07, 6.45) is 0. The molecular formula is C10H13NO2. The van der Waals surface area contributed by atoms with Crippen LogP contribution in [0.25, 0.3) is 0 Å². The van der Waals surface area contributed by atoms with Crippen molar-refractivity contribution in [3.63, 3.8) is 0 Å². The molecule has 70 valence electrons. The Morgan fingerprint density at radius 1 is 1.15 bits per heavy atom. The van der Waals surface area contributed by atoms with Gasteiger partial charge in [-0.05, 0) is 17.7 Å². The van der Waals surface area contributed by atoms with Crippen molar-refractivity contribution in [3.05, 3.63) is 30.8 Å². The van der Waals surface area contributed by atoms with Crippen LogP contribution in [0.5, 0.6) is 11.5 Å². The van der Waals surface area contributed by atoms with E-state index < -0.39 is 0 Å². The largest absolute Gasteiger partial charge is 0.497 e. The number of hydrogen-bond donors (Lipinski definition) is 1. The highest BCUT2D eigenvalue weighted by molar-refractivity contribution is 5.38. The molecule has 0 fully saturated rings. The lowest BCUT2D eigenvalue weighted by atomic mass is 10.2. The molecule has 0 amide bonds. The molecule has 1 aromatic rings. The number of benzene rings is 1. The summed E-state index contributed by atoms with van der Waals surface area (Å²) >= 11 is 0. The second-order valence-electron chi connectivity index (χ2n) is 2.60. The van der Waals surface area contributed by atoms with Crippen LogP contribution in [-0.2, 0) is 6.54 Å². The second-order valence-corrected chi connectivity index (χ2v) is 2.60. The number of ether oxygens (including phenoxy) is 2. The van der Waals surface area contributed by atoms with Crippen molar-refractivity contribution in [2.24, 2.45) is 0 Å². The lowest BCUT2D eigenvalue weighted by molar-refractivity contribution is 0.393. The Bertz CT molecular complexity index is 251. The Labute approximate surface area is 78.7 Å². The van der Waals surface area contributed by atoms with Crippen LogP contribution in [-0.4, -0.2) is 14.2 Å². The van der Waals surface area contributed by atoms with Gasteiger partial charge in [0.1, 0.15) is 11.5 Å². The first kappa shape index (κ1) is 9.86. The molecule has 0 aliphatic carbocycles. The third-order valence-corrected chi connectivity index (χ3v) is 1.72. The zero-order chi connectivity index (χ0) is 9.68. The molecule has 1 aromatic carbocycles. The first-order valence-electron chi connectivity index (χ1n) is 3.95. The third kappa shape index (κ3) is 2.63. The van der Waals surface area contributed by atoms with E-state index in [2.05, 4.69) is 5.32 Å². The van der Waals surface area contributed by atoms with E-state index >= 15 is 0 Å². The maximum atomic E-state index is 5.21. The van der Waals surface area contributed by atoms with E-state index in [1.54, 1.807) is 14.2 Å². The molecule has 0 atom stereocenters. The predicted octanol–water partition coefficient (Wildman–Crippen LogP) is 1.46. The molecule has 0 saturated carbocycles. The highest BCUT2D eigenvalue weighted by Gasteiger charge is 2.00. The van der Waals surface area contributed by atoms with Gasteiger partial charge in [-0.1, -0.05) is 0 Å². The Morgan fingerprint density at radius 3 is 2.08 bits per heavy atom. The van der Waals surface area contributed by atoms with Crippen molar-refractivity contribution in [1.29, 1.82) is 0 Å². The molecule has 3 heteroatoms. The molecule has 3 nitrogen and oxygen atoms in total. The van der Waals surface area contributed by atoms with E-state index in [9.17, 15) is 0 Å². The molecule has 0 aromatic heterocycles. The average Bonchev–Trinajstić information content (AvgIpc) is 2.17. The molecule has 0 spiro atoms. The van der Waals surface area contributed by atoms with Gasteiger partial charge in [-0.25, -0.2) is 0 Å². The zero-order valence-corrected chi connectivity index (χ0v) is 7.83. The van der Waals surface area contributed by atoms with E-state index in [4.69, 9.17) is 16.5 Å². The van der Waals surface area contributed by atoms with Crippen molar-refractivity contribution in [1.82, 2.24) is 5.32 Å².